The molecule has 0 aliphatic rings. The SMILES string of the molecule is COc1ccc(C)cc1NC(=O)[C@H](OC(=O)CNC(=O)c1ccc(C)c(C)c1)c1ccccc1. The smallest absolute Gasteiger partial charge is 0.326 e. The summed E-state index contributed by atoms with van der Waals surface area (Å²) in [6.45, 7) is 5.38. The number of aryl methyl sites for hydroxylation is 3. The van der Waals surface area contributed by atoms with Crippen molar-refractivity contribution < 1.29 is 23.9 Å². The molecular weight excluding hydrogens is 432 g/mol. The van der Waals surface area contributed by atoms with Gasteiger partial charge < -0.3 is 20.1 Å². The van der Waals surface area contributed by atoms with Gasteiger partial charge in [0.1, 0.15) is 12.3 Å². The van der Waals surface area contributed by atoms with Gasteiger partial charge in [0.05, 0.1) is 12.8 Å². The molecule has 176 valence electrons. The minimum Gasteiger partial charge on any atom is -0.495 e. The molecule has 3 rings (SSSR count). The molecule has 0 aliphatic carbocycles. The van der Waals surface area contributed by atoms with E-state index in [-0.39, 0.29) is 6.54 Å². The summed E-state index contributed by atoms with van der Waals surface area (Å²) in [4.78, 5) is 38.1. The monoisotopic (exact) mass is 460 g/mol. The second-order valence-electron chi connectivity index (χ2n) is 7.96. The van der Waals surface area contributed by atoms with Gasteiger partial charge in [-0.15, -0.1) is 0 Å². The molecular formula is C27H28N2O5. The van der Waals surface area contributed by atoms with Crippen molar-refractivity contribution in [2.45, 2.75) is 26.9 Å². The van der Waals surface area contributed by atoms with E-state index in [1.807, 2.05) is 32.9 Å². The van der Waals surface area contributed by atoms with E-state index in [1.54, 1.807) is 54.6 Å². The Morgan fingerprint density at radius 2 is 1.62 bits per heavy atom. The quantitative estimate of drug-likeness (QED) is 0.490. The molecule has 0 radical (unpaired) electrons. The molecule has 2 N–H and O–H groups in total. The summed E-state index contributed by atoms with van der Waals surface area (Å²) in [6.07, 6.45) is -1.21. The molecule has 0 spiro atoms. The number of nitrogens with one attached hydrogen (secondary N) is 2. The highest BCUT2D eigenvalue weighted by atomic mass is 16.5. The van der Waals surface area contributed by atoms with Crippen LogP contribution < -0.4 is 15.4 Å². The number of rotatable bonds is 8. The number of amides is 2. The van der Waals surface area contributed by atoms with Crippen LogP contribution in [0.15, 0.2) is 66.7 Å². The van der Waals surface area contributed by atoms with E-state index >= 15 is 0 Å². The molecule has 2 amide bonds. The number of hydrogen-bond donors (Lipinski definition) is 2. The number of methoxy groups -OCH3 is 1. The van der Waals surface area contributed by atoms with E-state index < -0.39 is 23.9 Å². The molecule has 3 aromatic carbocycles. The molecule has 7 heteroatoms. The average Bonchev–Trinajstić information content (AvgIpc) is 2.83. The van der Waals surface area contributed by atoms with Crippen LogP contribution in [0, 0.1) is 20.8 Å². The fraction of sp³-hybridized carbons (Fsp3) is 0.222. The fourth-order valence-electron chi connectivity index (χ4n) is 3.33. The first-order valence-electron chi connectivity index (χ1n) is 10.8. The summed E-state index contributed by atoms with van der Waals surface area (Å²) in [6, 6.07) is 19.4. The molecule has 0 unspecified atom stereocenters. The number of anilines is 1. The van der Waals surface area contributed by atoms with E-state index in [2.05, 4.69) is 10.6 Å². The van der Waals surface area contributed by atoms with Gasteiger partial charge in [0.25, 0.3) is 11.8 Å². The third kappa shape index (κ3) is 6.22. The first-order chi connectivity index (χ1) is 16.3. The molecule has 7 nitrogen and oxygen atoms in total. The molecule has 0 saturated heterocycles. The van der Waals surface area contributed by atoms with Crippen molar-refractivity contribution in [1.29, 1.82) is 0 Å². The number of ether oxygens (including phenoxy) is 2. The number of carbonyl (C=O) groups is 3. The number of benzene rings is 3. The summed E-state index contributed by atoms with van der Waals surface area (Å²) >= 11 is 0. The molecule has 0 fully saturated rings. The second kappa shape index (κ2) is 11.1. The first-order valence-corrected chi connectivity index (χ1v) is 10.8. The maximum Gasteiger partial charge on any atom is 0.326 e. The van der Waals surface area contributed by atoms with Crippen LogP contribution in [0.1, 0.15) is 38.7 Å². The van der Waals surface area contributed by atoms with Crippen molar-refractivity contribution in [2.24, 2.45) is 0 Å². The molecule has 34 heavy (non-hydrogen) atoms. The van der Waals surface area contributed by atoms with Gasteiger partial charge in [-0.25, -0.2) is 0 Å². The lowest BCUT2D eigenvalue weighted by Crippen LogP contribution is -2.33. The maximum atomic E-state index is 13.1. The van der Waals surface area contributed by atoms with Gasteiger partial charge in [-0.2, -0.15) is 0 Å². The van der Waals surface area contributed by atoms with Crippen LogP contribution in [-0.2, 0) is 14.3 Å². The maximum absolute atomic E-state index is 13.1. The molecule has 1 atom stereocenters. The lowest BCUT2D eigenvalue weighted by molar-refractivity contribution is -0.153. The van der Waals surface area contributed by atoms with Crippen molar-refractivity contribution in [3.63, 3.8) is 0 Å². The van der Waals surface area contributed by atoms with Gasteiger partial charge in [0.15, 0.2) is 0 Å². The molecule has 0 aliphatic heterocycles. The second-order valence-corrected chi connectivity index (χ2v) is 7.96. The number of hydrogen-bond acceptors (Lipinski definition) is 5. The highest BCUT2D eigenvalue weighted by molar-refractivity contribution is 5.98. The lowest BCUT2D eigenvalue weighted by atomic mass is 10.1. The van der Waals surface area contributed by atoms with Crippen LogP contribution in [0.25, 0.3) is 0 Å². The third-order valence-electron chi connectivity index (χ3n) is 5.36. The molecule has 3 aromatic rings. The standard InChI is InChI=1S/C27H28N2O5/c1-17-10-13-23(33-4)22(14-17)29-27(32)25(20-8-6-5-7-9-20)34-24(30)16-28-26(31)21-12-11-18(2)19(3)15-21/h5-15,25H,16H2,1-4H3,(H,28,31)(H,29,32)/t25-/m1/s1. The Balaban J connectivity index is 1.72. The Morgan fingerprint density at radius 3 is 2.29 bits per heavy atom. The van der Waals surface area contributed by atoms with Crippen LogP contribution in [-0.4, -0.2) is 31.4 Å². The Morgan fingerprint density at radius 1 is 0.882 bits per heavy atom. The van der Waals surface area contributed by atoms with Crippen LogP contribution >= 0.6 is 0 Å². The van der Waals surface area contributed by atoms with Gasteiger partial charge in [-0.1, -0.05) is 42.5 Å². The number of carbonyl (C=O) groups excluding carboxylic acids is 3. The van der Waals surface area contributed by atoms with Crippen LogP contribution in [0.5, 0.6) is 5.75 Å². The van der Waals surface area contributed by atoms with E-state index in [9.17, 15) is 14.4 Å². The predicted molar refractivity (Wildman–Crippen MR) is 130 cm³/mol. The zero-order chi connectivity index (χ0) is 24.7. The Hall–Kier alpha value is -4.13. The van der Waals surface area contributed by atoms with E-state index in [4.69, 9.17) is 9.47 Å². The Labute approximate surface area is 199 Å². The minimum absolute atomic E-state index is 0.379. The first kappa shape index (κ1) is 24.5. The molecule has 0 aromatic heterocycles. The van der Waals surface area contributed by atoms with Crippen molar-refractivity contribution in [3.8, 4) is 5.75 Å². The topological polar surface area (TPSA) is 93.7 Å². The summed E-state index contributed by atoms with van der Waals surface area (Å²) in [5.74, 6) is -1.19. The average molecular weight is 461 g/mol. The van der Waals surface area contributed by atoms with E-state index in [0.29, 0.717) is 22.6 Å². The van der Waals surface area contributed by atoms with Gasteiger partial charge in [-0.3, -0.25) is 14.4 Å². The zero-order valence-corrected chi connectivity index (χ0v) is 19.7. The Kier molecular flexibility index (Phi) is 8.03. The van der Waals surface area contributed by atoms with Gasteiger partial charge in [0.2, 0.25) is 6.10 Å². The summed E-state index contributed by atoms with van der Waals surface area (Å²) in [5.41, 5.74) is 4.38. The van der Waals surface area contributed by atoms with Crippen LogP contribution in [0.3, 0.4) is 0 Å². The summed E-state index contributed by atoms with van der Waals surface area (Å²) in [5, 5.41) is 5.33. The van der Waals surface area contributed by atoms with Gasteiger partial charge in [-0.05, 0) is 61.7 Å². The fourth-order valence-corrected chi connectivity index (χ4v) is 3.33. The van der Waals surface area contributed by atoms with Crippen molar-refractivity contribution in [3.05, 3.63) is 94.5 Å². The molecule has 0 saturated carbocycles. The highest BCUT2D eigenvalue weighted by Gasteiger charge is 2.26. The number of esters is 1. The van der Waals surface area contributed by atoms with Crippen molar-refractivity contribution >= 4 is 23.5 Å². The normalized spacial score (nSPS) is 11.3. The summed E-state index contributed by atoms with van der Waals surface area (Å²) in [7, 11) is 1.51. The van der Waals surface area contributed by atoms with Crippen LogP contribution in [0.4, 0.5) is 5.69 Å². The third-order valence-corrected chi connectivity index (χ3v) is 5.36. The van der Waals surface area contributed by atoms with Gasteiger partial charge in [0, 0.05) is 11.1 Å². The lowest BCUT2D eigenvalue weighted by Gasteiger charge is -2.19. The summed E-state index contributed by atoms with van der Waals surface area (Å²) < 4.78 is 10.8. The van der Waals surface area contributed by atoms with Crippen molar-refractivity contribution in [2.75, 3.05) is 19.0 Å². The van der Waals surface area contributed by atoms with Gasteiger partial charge >= 0.3 is 5.97 Å². The molecule has 0 bridgehead atoms. The van der Waals surface area contributed by atoms with Crippen molar-refractivity contribution in [1.82, 2.24) is 5.32 Å². The molecule has 0 heterocycles. The van der Waals surface area contributed by atoms with Crippen LogP contribution in [0.2, 0.25) is 0 Å². The largest absolute Gasteiger partial charge is 0.495 e. The minimum atomic E-state index is -1.21. The van der Waals surface area contributed by atoms with E-state index in [1.165, 1.54) is 7.11 Å². The predicted octanol–water partition coefficient (Wildman–Crippen LogP) is 4.27. The Bertz CT molecular complexity index is 1190. The van der Waals surface area contributed by atoms with E-state index in [0.717, 1.165) is 16.7 Å². The highest BCUT2D eigenvalue weighted by Crippen LogP contribution is 2.27. The zero-order valence-electron chi connectivity index (χ0n) is 19.7.